The number of carbonyl (C=O) groups excluding carboxylic acids is 1. The normalized spacial score (nSPS) is 14.6. The molecule has 1 heterocycles. The minimum atomic E-state index is -0.464. The molecule has 0 N–H and O–H groups in total. The van der Waals surface area contributed by atoms with E-state index >= 15 is 0 Å². The van der Waals surface area contributed by atoms with E-state index in [0.29, 0.717) is 36.0 Å². The van der Waals surface area contributed by atoms with Gasteiger partial charge in [0.05, 0.1) is 25.2 Å². The summed E-state index contributed by atoms with van der Waals surface area (Å²) >= 11 is 0. The number of nitro benzene ring substituents is 1. The van der Waals surface area contributed by atoms with Crippen molar-refractivity contribution in [2.75, 3.05) is 34.0 Å². The Balaban J connectivity index is 1.58. The number of rotatable bonds is 9. The molecule has 0 bridgehead atoms. The summed E-state index contributed by atoms with van der Waals surface area (Å²) in [5.74, 6) is 2.08. The molecule has 0 aromatic heterocycles. The van der Waals surface area contributed by atoms with Gasteiger partial charge in [0.25, 0.3) is 11.6 Å². The van der Waals surface area contributed by atoms with Crippen LogP contribution >= 0.6 is 0 Å². The van der Waals surface area contributed by atoms with Crippen LogP contribution in [-0.4, -0.2) is 49.7 Å². The SMILES string of the molecule is COc1cc2c(cc1OC)[C@@H](COc1ccc([N+](=O)[O-])cc1)N(C(=O)COc1ccccc1)CC2. The van der Waals surface area contributed by atoms with Crippen molar-refractivity contribution in [1.29, 1.82) is 0 Å². The zero-order valence-electron chi connectivity index (χ0n) is 19.5. The van der Waals surface area contributed by atoms with E-state index in [1.807, 2.05) is 30.3 Å². The topological polar surface area (TPSA) is 100 Å². The number of non-ortho nitro benzene ring substituents is 1. The highest BCUT2D eigenvalue weighted by molar-refractivity contribution is 5.79. The van der Waals surface area contributed by atoms with Crippen molar-refractivity contribution in [3.05, 3.63) is 88.0 Å². The second-order valence-corrected chi connectivity index (χ2v) is 7.92. The maximum atomic E-state index is 13.2. The molecule has 0 aliphatic carbocycles. The van der Waals surface area contributed by atoms with Crippen molar-refractivity contribution in [3.8, 4) is 23.0 Å². The highest BCUT2D eigenvalue weighted by atomic mass is 16.6. The van der Waals surface area contributed by atoms with E-state index in [9.17, 15) is 14.9 Å². The molecule has 182 valence electrons. The van der Waals surface area contributed by atoms with E-state index in [1.165, 1.54) is 12.1 Å². The molecule has 3 aromatic rings. The van der Waals surface area contributed by atoms with Crippen molar-refractivity contribution in [2.45, 2.75) is 12.5 Å². The molecule has 1 aliphatic rings. The van der Waals surface area contributed by atoms with Gasteiger partial charge in [-0.1, -0.05) is 18.2 Å². The van der Waals surface area contributed by atoms with E-state index in [0.717, 1.165) is 11.1 Å². The molecule has 0 saturated carbocycles. The number of nitrogens with zero attached hydrogens (tertiary/aromatic N) is 2. The molecular weight excluding hydrogens is 452 g/mol. The molecule has 9 heteroatoms. The summed E-state index contributed by atoms with van der Waals surface area (Å²) in [7, 11) is 3.14. The second-order valence-electron chi connectivity index (χ2n) is 7.92. The molecule has 1 amide bonds. The number of ether oxygens (including phenoxy) is 4. The van der Waals surface area contributed by atoms with E-state index in [-0.39, 0.29) is 24.8 Å². The van der Waals surface area contributed by atoms with Gasteiger partial charge in [0, 0.05) is 18.7 Å². The first-order chi connectivity index (χ1) is 17.0. The monoisotopic (exact) mass is 478 g/mol. The molecule has 4 rings (SSSR count). The lowest BCUT2D eigenvalue weighted by molar-refractivity contribution is -0.384. The Morgan fingerprint density at radius 1 is 0.971 bits per heavy atom. The Morgan fingerprint density at radius 2 is 1.63 bits per heavy atom. The average molecular weight is 479 g/mol. The zero-order valence-corrected chi connectivity index (χ0v) is 19.5. The van der Waals surface area contributed by atoms with Crippen LogP contribution in [0.1, 0.15) is 17.2 Å². The second kappa shape index (κ2) is 10.8. The van der Waals surface area contributed by atoms with Crippen LogP contribution in [0.3, 0.4) is 0 Å². The molecular formula is C26H26N2O7. The Morgan fingerprint density at radius 3 is 2.29 bits per heavy atom. The minimum absolute atomic E-state index is 0.0212. The van der Waals surface area contributed by atoms with E-state index in [4.69, 9.17) is 18.9 Å². The molecule has 0 saturated heterocycles. The number of para-hydroxylation sites is 1. The summed E-state index contributed by atoms with van der Waals surface area (Å²) in [5.41, 5.74) is 1.91. The molecule has 1 aliphatic heterocycles. The highest BCUT2D eigenvalue weighted by Gasteiger charge is 2.33. The van der Waals surface area contributed by atoms with Crippen LogP contribution in [0.2, 0.25) is 0 Å². The molecule has 3 aromatic carbocycles. The van der Waals surface area contributed by atoms with Crippen molar-refractivity contribution < 1.29 is 28.7 Å². The lowest BCUT2D eigenvalue weighted by atomic mass is 9.92. The number of methoxy groups -OCH3 is 2. The van der Waals surface area contributed by atoms with Crippen molar-refractivity contribution in [2.24, 2.45) is 0 Å². The van der Waals surface area contributed by atoms with Gasteiger partial charge >= 0.3 is 0 Å². The van der Waals surface area contributed by atoms with Crippen LogP contribution in [0.4, 0.5) is 5.69 Å². The van der Waals surface area contributed by atoms with Crippen LogP contribution < -0.4 is 18.9 Å². The summed E-state index contributed by atoms with van der Waals surface area (Å²) in [5, 5.41) is 10.9. The van der Waals surface area contributed by atoms with Crippen LogP contribution in [0, 0.1) is 10.1 Å². The summed E-state index contributed by atoms with van der Waals surface area (Å²) < 4.78 is 22.6. The predicted molar refractivity (Wildman–Crippen MR) is 128 cm³/mol. The predicted octanol–water partition coefficient (Wildman–Crippen LogP) is 4.20. The van der Waals surface area contributed by atoms with Gasteiger partial charge < -0.3 is 23.8 Å². The molecule has 0 spiro atoms. The van der Waals surface area contributed by atoms with E-state index in [1.54, 1.807) is 43.4 Å². The quantitative estimate of drug-likeness (QED) is 0.336. The highest BCUT2D eigenvalue weighted by Crippen LogP contribution is 2.38. The number of hydrogen-bond acceptors (Lipinski definition) is 7. The number of benzene rings is 3. The lowest BCUT2D eigenvalue weighted by Gasteiger charge is -2.37. The van der Waals surface area contributed by atoms with Crippen molar-refractivity contribution >= 4 is 11.6 Å². The largest absolute Gasteiger partial charge is 0.493 e. The van der Waals surface area contributed by atoms with E-state index in [2.05, 4.69) is 0 Å². The Hall–Kier alpha value is -4.27. The molecule has 1 atom stereocenters. The van der Waals surface area contributed by atoms with Gasteiger partial charge in [-0.25, -0.2) is 0 Å². The average Bonchev–Trinajstić information content (AvgIpc) is 2.90. The zero-order chi connectivity index (χ0) is 24.8. The van der Waals surface area contributed by atoms with Gasteiger partial charge in [0.15, 0.2) is 18.1 Å². The van der Waals surface area contributed by atoms with Crippen LogP contribution in [0.5, 0.6) is 23.0 Å². The van der Waals surface area contributed by atoms with Crippen LogP contribution in [0.25, 0.3) is 0 Å². The first-order valence-electron chi connectivity index (χ1n) is 11.1. The van der Waals surface area contributed by atoms with Crippen molar-refractivity contribution in [3.63, 3.8) is 0 Å². The van der Waals surface area contributed by atoms with Gasteiger partial charge in [-0.05, 0) is 53.9 Å². The number of amides is 1. The fourth-order valence-corrected chi connectivity index (χ4v) is 4.09. The third-order valence-electron chi connectivity index (χ3n) is 5.88. The van der Waals surface area contributed by atoms with Gasteiger partial charge in [-0.15, -0.1) is 0 Å². The molecule has 0 unspecified atom stereocenters. The number of hydrogen-bond donors (Lipinski definition) is 0. The number of nitro groups is 1. The Labute approximate surface area is 202 Å². The first kappa shape index (κ1) is 23.9. The van der Waals surface area contributed by atoms with Gasteiger partial charge in [-0.2, -0.15) is 0 Å². The maximum absolute atomic E-state index is 13.2. The maximum Gasteiger partial charge on any atom is 0.269 e. The van der Waals surface area contributed by atoms with Crippen LogP contribution in [0.15, 0.2) is 66.7 Å². The molecule has 0 radical (unpaired) electrons. The fraction of sp³-hybridized carbons (Fsp3) is 0.269. The standard InChI is InChI=1S/C26H26N2O7/c1-32-24-14-18-12-13-27(26(29)17-35-20-6-4-3-5-7-20)23(22(18)15-25(24)33-2)16-34-21-10-8-19(9-11-21)28(30)31/h3-11,14-15,23H,12-13,16-17H2,1-2H3/t23-/m1/s1. The summed E-state index contributed by atoms with van der Waals surface area (Å²) in [6.45, 7) is 0.520. The molecule has 35 heavy (non-hydrogen) atoms. The van der Waals surface area contributed by atoms with Gasteiger partial charge in [0.1, 0.15) is 18.1 Å². The van der Waals surface area contributed by atoms with Crippen molar-refractivity contribution in [1.82, 2.24) is 4.90 Å². The number of fused-ring (bicyclic) bond motifs is 1. The van der Waals surface area contributed by atoms with Gasteiger partial charge in [0.2, 0.25) is 0 Å². The summed E-state index contributed by atoms with van der Waals surface area (Å²) in [4.78, 5) is 25.4. The first-order valence-corrected chi connectivity index (χ1v) is 11.1. The Kier molecular flexibility index (Phi) is 7.35. The summed E-state index contributed by atoms with van der Waals surface area (Å²) in [6.07, 6.45) is 0.640. The third kappa shape index (κ3) is 5.46. The third-order valence-corrected chi connectivity index (χ3v) is 5.88. The van der Waals surface area contributed by atoms with Crippen LogP contribution in [-0.2, 0) is 11.2 Å². The molecule has 0 fully saturated rings. The number of carbonyl (C=O) groups is 1. The summed E-state index contributed by atoms with van der Waals surface area (Å²) in [6, 6.07) is 18.4. The van der Waals surface area contributed by atoms with Gasteiger partial charge in [-0.3, -0.25) is 14.9 Å². The fourth-order valence-electron chi connectivity index (χ4n) is 4.09. The smallest absolute Gasteiger partial charge is 0.269 e. The van der Waals surface area contributed by atoms with E-state index < -0.39 is 11.0 Å². The molecule has 9 nitrogen and oxygen atoms in total. The lowest BCUT2D eigenvalue weighted by Crippen LogP contribution is -2.44. The minimum Gasteiger partial charge on any atom is -0.493 e. The Bertz CT molecular complexity index is 1180.